The minimum Gasteiger partial charge on any atom is -0.231 e. The van der Waals surface area contributed by atoms with Gasteiger partial charge in [0, 0.05) is 23.2 Å². The van der Waals surface area contributed by atoms with E-state index < -0.39 is 26.3 Å². The van der Waals surface area contributed by atoms with Crippen molar-refractivity contribution >= 4 is 33.2 Å². The maximum absolute atomic E-state index is 13.9. The third-order valence-electron chi connectivity index (χ3n) is 5.48. The summed E-state index contributed by atoms with van der Waals surface area (Å²) in [5, 5.41) is 4.57. The molecule has 0 spiro atoms. The van der Waals surface area contributed by atoms with Crippen LogP contribution in [-0.2, 0) is 30.0 Å². The van der Waals surface area contributed by atoms with Gasteiger partial charge in [-0.1, -0.05) is 24.3 Å². The Morgan fingerprint density at radius 1 is 0.973 bits per heavy atom. The van der Waals surface area contributed by atoms with Crippen LogP contribution in [0.5, 0.6) is 0 Å². The van der Waals surface area contributed by atoms with E-state index in [1.54, 1.807) is 30.3 Å². The standard InChI is InChI=1S/C25H23F3N2O4S3/c1-24(2,36-34-33-3)23-15-20(30(29-23)19-11-6-5-10-18(19)25(26,27)28)22-13-12-21(35-22)16-8-7-9-17(14-16)37(4,31)32/h5-15H,1-4H3. The monoisotopic (exact) mass is 568 g/mol. The molecular weight excluding hydrogens is 545 g/mol. The van der Waals surface area contributed by atoms with Crippen LogP contribution in [0.4, 0.5) is 13.2 Å². The Bertz CT molecular complexity index is 1530. The summed E-state index contributed by atoms with van der Waals surface area (Å²) in [4.78, 5) is 6.29. The van der Waals surface area contributed by atoms with Gasteiger partial charge in [0.25, 0.3) is 0 Å². The van der Waals surface area contributed by atoms with Gasteiger partial charge in [-0.3, -0.25) is 0 Å². The molecule has 4 aromatic rings. The molecule has 0 N–H and O–H groups in total. The van der Waals surface area contributed by atoms with Crippen LogP contribution >= 0.6 is 23.4 Å². The van der Waals surface area contributed by atoms with Gasteiger partial charge < -0.3 is 0 Å². The van der Waals surface area contributed by atoms with Gasteiger partial charge in [-0.2, -0.15) is 22.6 Å². The molecule has 0 atom stereocenters. The van der Waals surface area contributed by atoms with Crippen molar-refractivity contribution in [2.24, 2.45) is 0 Å². The molecule has 196 valence electrons. The summed E-state index contributed by atoms with van der Waals surface area (Å²) in [5.74, 6) is 0. The molecule has 0 amide bonds. The molecule has 4 rings (SSSR count). The molecule has 2 heterocycles. The van der Waals surface area contributed by atoms with Crippen LogP contribution in [0.25, 0.3) is 26.7 Å². The number of thiophene rings is 1. The second-order valence-electron chi connectivity index (χ2n) is 8.63. The molecule has 0 saturated carbocycles. The van der Waals surface area contributed by atoms with E-state index in [-0.39, 0.29) is 10.6 Å². The number of sulfone groups is 1. The molecule has 0 aliphatic heterocycles. The number of hydrogen-bond acceptors (Lipinski definition) is 7. The van der Waals surface area contributed by atoms with Gasteiger partial charge in [0.05, 0.1) is 44.3 Å². The van der Waals surface area contributed by atoms with E-state index in [1.165, 1.54) is 47.4 Å². The predicted molar refractivity (Wildman–Crippen MR) is 139 cm³/mol. The van der Waals surface area contributed by atoms with Crippen LogP contribution in [0, 0.1) is 0 Å². The lowest BCUT2D eigenvalue weighted by atomic mass is 10.1. The van der Waals surface area contributed by atoms with Crippen molar-refractivity contribution in [3.05, 3.63) is 78.0 Å². The number of halogens is 3. The summed E-state index contributed by atoms with van der Waals surface area (Å²) < 4.78 is 71.3. The van der Waals surface area contributed by atoms with E-state index >= 15 is 0 Å². The van der Waals surface area contributed by atoms with Gasteiger partial charge >= 0.3 is 6.18 Å². The van der Waals surface area contributed by atoms with Crippen LogP contribution < -0.4 is 0 Å². The normalized spacial score (nSPS) is 12.7. The van der Waals surface area contributed by atoms with Crippen molar-refractivity contribution in [3.63, 3.8) is 0 Å². The van der Waals surface area contributed by atoms with E-state index in [2.05, 4.69) is 5.10 Å². The van der Waals surface area contributed by atoms with E-state index in [0.29, 0.717) is 21.8 Å². The summed E-state index contributed by atoms with van der Waals surface area (Å²) in [6, 6.07) is 17.1. The van der Waals surface area contributed by atoms with Crippen LogP contribution in [0.2, 0.25) is 0 Å². The number of alkyl halides is 3. The van der Waals surface area contributed by atoms with E-state index in [0.717, 1.165) is 29.2 Å². The molecule has 12 heteroatoms. The Morgan fingerprint density at radius 3 is 2.35 bits per heavy atom. The highest BCUT2D eigenvalue weighted by Gasteiger charge is 2.36. The fourth-order valence-corrected chi connectivity index (χ4v) is 5.70. The van der Waals surface area contributed by atoms with Crippen molar-refractivity contribution in [2.75, 3.05) is 13.4 Å². The largest absolute Gasteiger partial charge is 0.418 e. The maximum Gasteiger partial charge on any atom is 0.418 e. The molecule has 0 unspecified atom stereocenters. The quantitative estimate of drug-likeness (QED) is 0.128. The molecule has 2 aromatic heterocycles. The Kier molecular flexibility index (Phi) is 7.59. The molecule has 0 saturated heterocycles. The Hall–Kier alpha value is -2.64. The summed E-state index contributed by atoms with van der Waals surface area (Å²) in [6.45, 7) is 3.64. The van der Waals surface area contributed by atoms with Gasteiger partial charge in [0.1, 0.15) is 0 Å². The van der Waals surface area contributed by atoms with E-state index in [9.17, 15) is 21.6 Å². The zero-order chi connectivity index (χ0) is 27.0. The van der Waals surface area contributed by atoms with Crippen molar-refractivity contribution in [1.82, 2.24) is 9.78 Å². The third-order valence-corrected chi connectivity index (χ3v) is 8.58. The number of benzene rings is 2. The van der Waals surface area contributed by atoms with Gasteiger partial charge in [-0.05, 0) is 61.9 Å². The first kappa shape index (κ1) is 27.4. The second-order valence-corrected chi connectivity index (χ2v) is 13.1. The minimum absolute atomic E-state index is 0.112. The molecular formula is C25H23F3N2O4S3. The average molecular weight is 569 g/mol. The molecule has 0 fully saturated rings. The van der Waals surface area contributed by atoms with Crippen LogP contribution in [-0.4, -0.2) is 31.6 Å². The zero-order valence-electron chi connectivity index (χ0n) is 20.2. The molecule has 0 radical (unpaired) electrons. The third kappa shape index (κ3) is 5.93. The number of aromatic nitrogens is 2. The smallest absolute Gasteiger partial charge is 0.231 e. The number of hydrogen-bond donors (Lipinski definition) is 0. The van der Waals surface area contributed by atoms with Gasteiger partial charge in [0.15, 0.2) is 9.84 Å². The lowest BCUT2D eigenvalue weighted by Gasteiger charge is -2.19. The van der Waals surface area contributed by atoms with Crippen molar-refractivity contribution in [3.8, 4) is 26.7 Å². The summed E-state index contributed by atoms with van der Waals surface area (Å²) in [5.41, 5.74) is 0.690. The molecule has 0 aliphatic rings. The first-order valence-corrected chi connectivity index (χ1v) is 14.3. The van der Waals surface area contributed by atoms with E-state index in [4.69, 9.17) is 9.22 Å². The lowest BCUT2D eigenvalue weighted by Crippen LogP contribution is -2.15. The van der Waals surface area contributed by atoms with Crippen molar-refractivity contribution in [2.45, 2.75) is 29.7 Å². The first-order chi connectivity index (χ1) is 17.3. The number of nitrogens with zero attached hydrogens (tertiary/aromatic N) is 2. The molecule has 37 heavy (non-hydrogen) atoms. The van der Waals surface area contributed by atoms with Gasteiger partial charge in [0.2, 0.25) is 0 Å². The van der Waals surface area contributed by atoms with Gasteiger partial charge in [-0.15, -0.1) is 11.3 Å². The molecule has 2 aromatic carbocycles. The molecule has 0 bridgehead atoms. The zero-order valence-corrected chi connectivity index (χ0v) is 22.7. The topological polar surface area (TPSA) is 70.4 Å². The second kappa shape index (κ2) is 10.3. The fraction of sp³-hybridized carbons (Fsp3) is 0.240. The first-order valence-electron chi connectivity index (χ1n) is 10.9. The number of para-hydroxylation sites is 1. The Balaban J connectivity index is 1.87. The highest BCUT2D eigenvalue weighted by atomic mass is 32.2. The average Bonchev–Trinajstić information content (AvgIpc) is 3.50. The van der Waals surface area contributed by atoms with Crippen molar-refractivity contribution < 1.29 is 30.8 Å². The highest BCUT2D eigenvalue weighted by molar-refractivity contribution is 7.95. The molecule has 6 nitrogen and oxygen atoms in total. The van der Waals surface area contributed by atoms with Crippen molar-refractivity contribution in [1.29, 1.82) is 0 Å². The summed E-state index contributed by atoms with van der Waals surface area (Å²) >= 11 is 2.31. The van der Waals surface area contributed by atoms with E-state index in [1.807, 2.05) is 19.9 Å². The minimum atomic E-state index is -4.59. The lowest BCUT2D eigenvalue weighted by molar-refractivity contribution is -0.161. The SMILES string of the molecule is COOSC(C)(C)c1cc(-c2ccc(-c3cccc(S(C)(=O)=O)c3)s2)n(-c2ccccc2C(F)(F)F)n1. The Morgan fingerprint density at radius 2 is 1.68 bits per heavy atom. The summed E-state index contributed by atoms with van der Waals surface area (Å²) in [6.07, 6.45) is -3.45. The maximum atomic E-state index is 13.9. The van der Waals surface area contributed by atoms with Crippen LogP contribution in [0.15, 0.2) is 71.6 Å². The highest BCUT2D eigenvalue weighted by Crippen LogP contribution is 2.42. The predicted octanol–water partition coefficient (Wildman–Crippen LogP) is 7.15. The van der Waals surface area contributed by atoms with Gasteiger partial charge in [-0.25, -0.2) is 18.0 Å². The molecule has 0 aliphatic carbocycles. The van der Waals surface area contributed by atoms with Crippen LogP contribution in [0.3, 0.4) is 0 Å². The van der Waals surface area contributed by atoms with Crippen LogP contribution in [0.1, 0.15) is 25.1 Å². The summed E-state index contributed by atoms with van der Waals surface area (Å²) in [7, 11) is -2.04. The Labute approximate surface area is 221 Å². The number of rotatable bonds is 8. The fourth-order valence-electron chi connectivity index (χ4n) is 3.60.